The molecular weight excluding hydrogens is 319 g/mol. The molecule has 1 aromatic heterocycles. The molecule has 0 fully saturated rings. The average Bonchev–Trinajstić information content (AvgIpc) is 2.86. The molecule has 0 bridgehead atoms. The first kappa shape index (κ1) is 15.2. The second kappa shape index (κ2) is 5.85. The van der Waals surface area contributed by atoms with E-state index in [-0.39, 0.29) is 10.7 Å². The summed E-state index contributed by atoms with van der Waals surface area (Å²) < 4.78 is 13.1. The number of aryl methyl sites for hydroxylation is 1. The molecule has 4 nitrogen and oxygen atoms in total. The van der Waals surface area contributed by atoms with Gasteiger partial charge in [0.1, 0.15) is 5.82 Å². The molecular formula is C17H12ClFN2O2. The van der Waals surface area contributed by atoms with Crippen LogP contribution in [0.2, 0.25) is 5.02 Å². The zero-order valence-electron chi connectivity index (χ0n) is 12.1. The van der Waals surface area contributed by atoms with Gasteiger partial charge in [0.25, 0.3) is 11.7 Å². The molecule has 0 unspecified atom stereocenters. The Labute approximate surface area is 136 Å². The number of carbonyl (C=O) groups excluding carboxylic acids is 2. The third-order valence-corrected chi connectivity index (χ3v) is 3.79. The molecule has 3 rings (SSSR count). The first-order chi connectivity index (χ1) is 11.0. The smallest absolute Gasteiger partial charge is 0.296 e. The number of carbonyl (C=O) groups is 2. The van der Waals surface area contributed by atoms with Crippen LogP contribution in [0.3, 0.4) is 0 Å². The van der Waals surface area contributed by atoms with Gasteiger partial charge >= 0.3 is 0 Å². The quantitative estimate of drug-likeness (QED) is 0.561. The number of ketones is 1. The van der Waals surface area contributed by atoms with E-state index in [0.717, 1.165) is 11.6 Å². The van der Waals surface area contributed by atoms with E-state index >= 15 is 0 Å². The maximum Gasteiger partial charge on any atom is 0.296 e. The Morgan fingerprint density at radius 2 is 1.91 bits per heavy atom. The second-order valence-electron chi connectivity index (χ2n) is 5.08. The minimum atomic E-state index is -0.805. The van der Waals surface area contributed by atoms with Gasteiger partial charge in [-0.1, -0.05) is 29.8 Å². The fourth-order valence-corrected chi connectivity index (χ4v) is 2.63. The molecule has 0 saturated carbocycles. The topological polar surface area (TPSA) is 62.0 Å². The number of hydrogen-bond acceptors (Lipinski definition) is 2. The maximum absolute atomic E-state index is 13.1. The summed E-state index contributed by atoms with van der Waals surface area (Å²) in [6, 6.07) is 11.0. The van der Waals surface area contributed by atoms with Crippen LogP contribution in [0.5, 0.6) is 0 Å². The summed E-state index contributed by atoms with van der Waals surface area (Å²) in [5.41, 5.74) is 1.98. The van der Waals surface area contributed by atoms with E-state index in [1.165, 1.54) is 12.1 Å². The SMILES string of the molecule is Cc1[nH]c2ccccc2c1C(=O)C(=O)Nc1ccc(F)c(Cl)c1. The average molecular weight is 331 g/mol. The first-order valence-corrected chi connectivity index (χ1v) is 7.23. The predicted molar refractivity (Wildman–Crippen MR) is 87.4 cm³/mol. The zero-order chi connectivity index (χ0) is 16.6. The van der Waals surface area contributed by atoms with Crippen molar-refractivity contribution < 1.29 is 14.0 Å². The van der Waals surface area contributed by atoms with Gasteiger partial charge in [0.05, 0.1) is 10.6 Å². The number of para-hydroxylation sites is 1. The van der Waals surface area contributed by atoms with Crippen LogP contribution in [0.25, 0.3) is 10.9 Å². The number of aromatic amines is 1. The second-order valence-corrected chi connectivity index (χ2v) is 5.49. The highest BCUT2D eigenvalue weighted by atomic mass is 35.5. The lowest BCUT2D eigenvalue weighted by atomic mass is 10.1. The largest absolute Gasteiger partial charge is 0.358 e. The number of benzene rings is 2. The summed E-state index contributed by atoms with van der Waals surface area (Å²) in [5.74, 6) is -2.07. The van der Waals surface area contributed by atoms with Crippen LogP contribution >= 0.6 is 11.6 Å². The highest BCUT2D eigenvalue weighted by molar-refractivity contribution is 6.48. The molecule has 2 aromatic carbocycles. The van der Waals surface area contributed by atoms with Gasteiger partial charge in [0, 0.05) is 22.3 Å². The van der Waals surface area contributed by atoms with E-state index in [2.05, 4.69) is 10.3 Å². The molecule has 116 valence electrons. The van der Waals surface area contributed by atoms with E-state index in [1.54, 1.807) is 19.1 Å². The highest BCUT2D eigenvalue weighted by Crippen LogP contribution is 2.23. The standard InChI is InChI=1S/C17H12ClFN2O2/c1-9-15(11-4-2-3-5-14(11)20-9)16(22)17(23)21-10-6-7-13(19)12(18)8-10/h2-8,20H,1H3,(H,21,23). The van der Waals surface area contributed by atoms with Crippen LogP contribution in [-0.4, -0.2) is 16.7 Å². The zero-order valence-corrected chi connectivity index (χ0v) is 12.9. The van der Waals surface area contributed by atoms with Crippen LogP contribution in [0, 0.1) is 12.7 Å². The van der Waals surface area contributed by atoms with Crippen LogP contribution in [0.1, 0.15) is 16.1 Å². The molecule has 0 aliphatic rings. The molecule has 0 atom stereocenters. The fraction of sp³-hybridized carbons (Fsp3) is 0.0588. The third-order valence-electron chi connectivity index (χ3n) is 3.50. The van der Waals surface area contributed by atoms with Crippen molar-refractivity contribution in [1.82, 2.24) is 4.98 Å². The van der Waals surface area contributed by atoms with Crippen LogP contribution in [-0.2, 0) is 4.79 Å². The van der Waals surface area contributed by atoms with E-state index < -0.39 is 17.5 Å². The number of anilines is 1. The molecule has 3 aromatic rings. The Kier molecular flexibility index (Phi) is 3.88. The Morgan fingerprint density at radius 1 is 1.17 bits per heavy atom. The number of Topliss-reactive ketones (excluding diaryl/α,β-unsaturated/α-hetero) is 1. The van der Waals surface area contributed by atoms with Gasteiger partial charge in [-0.3, -0.25) is 9.59 Å². The summed E-state index contributed by atoms with van der Waals surface area (Å²) >= 11 is 5.66. The van der Waals surface area contributed by atoms with Gasteiger partial charge in [-0.25, -0.2) is 4.39 Å². The van der Waals surface area contributed by atoms with Crippen molar-refractivity contribution in [3.63, 3.8) is 0 Å². The summed E-state index contributed by atoms with van der Waals surface area (Å²) in [4.78, 5) is 27.7. The normalized spacial score (nSPS) is 10.7. The first-order valence-electron chi connectivity index (χ1n) is 6.85. The molecule has 0 radical (unpaired) electrons. The van der Waals surface area contributed by atoms with Crippen LogP contribution in [0.4, 0.5) is 10.1 Å². The molecule has 0 saturated heterocycles. The van der Waals surface area contributed by atoms with Crippen LogP contribution < -0.4 is 5.32 Å². The van der Waals surface area contributed by atoms with E-state index in [9.17, 15) is 14.0 Å². The molecule has 0 aliphatic heterocycles. The Hall–Kier alpha value is -2.66. The summed E-state index contributed by atoms with van der Waals surface area (Å²) in [6.45, 7) is 1.73. The Morgan fingerprint density at radius 3 is 2.65 bits per heavy atom. The number of fused-ring (bicyclic) bond motifs is 1. The van der Waals surface area contributed by atoms with Gasteiger partial charge in [-0.15, -0.1) is 0 Å². The van der Waals surface area contributed by atoms with Crippen molar-refractivity contribution in [3.8, 4) is 0 Å². The monoisotopic (exact) mass is 330 g/mol. The minimum Gasteiger partial charge on any atom is -0.358 e. The number of amides is 1. The number of hydrogen-bond donors (Lipinski definition) is 2. The van der Waals surface area contributed by atoms with E-state index in [4.69, 9.17) is 11.6 Å². The predicted octanol–water partition coefficient (Wildman–Crippen LogP) is 4.09. The van der Waals surface area contributed by atoms with Crippen molar-refractivity contribution >= 4 is 39.9 Å². The number of nitrogens with one attached hydrogen (secondary N) is 2. The van der Waals surface area contributed by atoms with Gasteiger partial charge in [0.15, 0.2) is 0 Å². The molecule has 0 aliphatic carbocycles. The number of halogens is 2. The van der Waals surface area contributed by atoms with Gasteiger partial charge in [-0.05, 0) is 31.2 Å². The van der Waals surface area contributed by atoms with Crippen molar-refractivity contribution in [2.75, 3.05) is 5.32 Å². The number of aromatic nitrogens is 1. The summed E-state index contributed by atoms with van der Waals surface area (Å²) in [5, 5.41) is 2.99. The van der Waals surface area contributed by atoms with Crippen LogP contribution in [0.15, 0.2) is 42.5 Å². The van der Waals surface area contributed by atoms with Crippen molar-refractivity contribution in [1.29, 1.82) is 0 Å². The van der Waals surface area contributed by atoms with E-state index in [0.29, 0.717) is 16.6 Å². The lowest BCUT2D eigenvalue weighted by Crippen LogP contribution is -2.23. The van der Waals surface area contributed by atoms with Crippen molar-refractivity contribution in [2.24, 2.45) is 0 Å². The Balaban J connectivity index is 1.91. The van der Waals surface area contributed by atoms with Crippen molar-refractivity contribution in [2.45, 2.75) is 6.92 Å². The molecule has 0 spiro atoms. The molecule has 23 heavy (non-hydrogen) atoms. The number of H-pyrrole nitrogens is 1. The fourth-order valence-electron chi connectivity index (χ4n) is 2.44. The molecule has 1 amide bonds. The molecule has 1 heterocycles. The lowest BCUT2D eigenvalue weighted by Gasteiger charge is -2.05. The summed E-state index contributed by atoms with van der Waals surface area (Å²) in [7, 11) is 0. The molecule has 2 N–H and O–H groups in total. The Bertz CT molecular complexity index is 933. The van der Waals surface area contributed by atoms with Gasteiger partial charge in [-0.2, -0.15) is 0 Å². The highest BCUT2D eigenvalue weighted by Gasteiger charge is 2.22. The summed E-state index contributed by atoms with van der Waals surface area (Å²) in [6.07, 6.45) is 0. The third kappa shape index (κ3) is 2.83. The maximum atomic E-state index is 13.1. The minimum absolute atomic E-state index is 0.126. The van der Waals surface area contributed by atoms with Crippen molar-refractivity contribution in [3.05, 3.63) is 64.6 Å². The van der Waals surface area contributed by atoms with Gasteiger partial charge < -0.3 is 10.3 Å². The number of rotatable bonds is 3. The molecule has 6 heteroatoms. The van der Waals surface area contributed by atoms with E-state index in [1.807, 2.05) is 12.1 Å². The lowest BCUT2D eigenvalue weighted by molar-refractivity contribution is -0.112. The van der Waals surface area contributed by atoms with Gasteiger partial charge in [0.2, 0.25) is 0 Å².